The van der Waals surface area contributed by atoms with Gasteiger partial charge in [0.05, 0.1) is 11.9 Å². The zero-order valence-electron chi connectivity index (χ0n) is 14.8. The topological polar surface area (TPSA) is 96.3 Å². The van der Waals surface area contributed by atoms with Gasteiger partial charge in [-0.25, -0.2) is 4.79 Å². The Bertz CT molecular complexity index is 657. The Kier molecular flexibility index (Phi) is 4.68. The molecule has 1 saturated heterocycles. The third kappa shape index (κ3) is 3.93. The molecule has 0 aliphatic carbocycles. The summed E-state index contributed by atoms with van der Waals surface area (Å²) in [6.07, 6.45) is 3.91. The van der Waals surface area contributed by atoms with E-state index in [4.69, 9.17) is 0 Å². The second kappa shape index (κ2) is 6.26. The van der Waals surface area contributed by atoms with Gasteiger partial charge in [-0.2, -0.15) is 5.10 Å². The first-order valence-electron chi connectivity index (χ1n) is 7.99. The Morgan fingerprint density at radius 2 is 1.96 bits per heavy atom. The van der Waals surface area contributed by atoms with Gasteiger partial charge in [0.25, 0.3) is 5.91 Å². The molecule has 0 radical (unpaired) electrons. The number of hydrogen-bond acceptors (Lipinski definition) is 4. The summed E-state index contributed by atoms with van der Waals surface area (Å²) in [4.78, 5) is 37.0. The molecule has 4 amide bonds. The molecule has 0 saturated carbocycles. The van der Waals surface area contributed by atoms with Gasteiger partial charge in [0.2, 0.25) is 5.91 Å². The Hall–Kier alpha value is -2.38. The number of urea groups is 1. The van der Waals surface area contributed by atoms with Crippen LogP contribution >= 0.6 is 0 Å². The van der Waals surface area contributed by atoms with E-state index in [0.29, 0.717) is 25.2 Å². The van der Waals surface area contributed by atoms with E-state index in [0.717, 1.165) is 0 Å². The van der Waals surface area contributed by atoms with Crippen molar-refractivity contribution in [3.8, 4) is 0 Å². The lowest BCUT2D eigenvalue weighted by molar-refractivity contribution is -0.130. The summed E-state index contributed by atoms with van der Waals surface area (Å²) in [5.41, 5.74) is -0.683. The van der Waals surface area contributed by atoms with Gasteiger partial charge in [-0.3, -0.25) is 19.2 Å². The average Bonchev–Trinajstić information content (AvgIpc) is 2.95. The van der Waals surface area contributed by atoms with E-state index in [1.165, 1.54) is 4.90 Å². The predicted molar refractivity (Wildman–Crippen MR) is 89.3 cm³/mol. The Balaban J connectivity index is 1.85. The van der Waals surface area contributed by atoms with Crippen LogP contribution in [0.1, 0.15) is 41.0 Å². The van der Waals surface area contributed by atoms with Crippen molar-refractivity contribution < 1.29 is 14.4 Å². The molecular formula is C16H25N5O3. The number of aryl methyl sites for hydroxylation is 1. The first-order chi connectivity index (χ1) is 11.0. The molecule has 2 N–H and O–H groups in total. The lowest BCUT2D eigenvalue weighted by atomic mass is 9.96. The summed E-state index contributed by atoms with van der Waals surface area (Å²) in [5, 5.41) is 9.64. The molecule has 2 rings (SSSR count). The summed E-state index contributed by atoms with van der Waals surface area (Å²) in [5.74, 6) is -0.297. The molecule has 0 unspecified atom stereocenters. The predicted octanol–water partition coefficient (Wildman–Crippen LogP) is 1.59. The van der Waals surface area contributed by atoms with E-state index < -0.39 is 11.0 Å². The molecule has 8 nitrogen and oxygen atoms in total. The van der Waals surface area contributed by atoms with Gasteiger partial charge in [0.15, 0.2) is 0 Å². The van der Waals surface area contributed by atoms with Crippen molar-refractivity contribution in [3.63, 3.8) is 0 Å². The summed E-state index contributed by atoms with van der Waals surface area (Å²) in [6, 6.07) is -0.358. The lowest BCUT2D eigenvalue weighted by Gasteiger charge is -2.16. The van der Waals surface area contributed by atoms with Crippen LogP contribution in [0.5, 0.6) is 0 Å². The minimum Gasteiger partial charge on any atom is -0.324 e. The number of hydrogen-bond donors (Lipinski definition) is 2. The molecule has 0 atom stereocenters. The van der Waals surface area contributed by atoms with E-state index >= 15 is 0 Å². The van der Waals surface area contributed by atoms with Crippen molar-refractivity contribution in [2.45, 2.75) is 53.1 Å². The fourth-order valence-electron chi connectivity index (χ4n) is 2.28. The van der Waals surface area contributed by atoms with Gasteiger partial charge < -0.3 is 10.6 Å². The molecule has 2 heterocycles. The minimum absolute atomic E-state index is 0.0800. The number of carbonyl (C=O) groups excluding carboxylic acids is 3. The molecule has 1 aliphatic heterocycles. The molecule has 24 heavy (non-hydrogen) atoms. The molecule has 1 aromatic rings. The van der Waals surface area contributed by atoms with E-state index in [9.17, 15) is 14.4 Å². The van der Waals surface area contributed by atoms with Gasteiger partial charge >= 0.3 is 6.03 Å². The standard InChI is InChI=1S/C16H25N5O3/c1-15(2,3)12(22)18-11-9-17-20(10-11)7-6-8-21-13(23)16(4,5)19-14(21)24/h9-10H,6-8H2,1-5H3,(H,18,22)(H,19,24). The number of aromatic nitrogens is 2. The number of anilines is 1. The smallest absolute Gasteiger partial charge is 0.324 e. The fourth-order valence-corrected chi connectivity index (χ4v) is 2.28. The minimum atomic E-state index is -0.840. The SMILES string of the molecule is CC(C)(C)C(=O)Nc1cnn(CCCN2C(=O)NC(C)(C)C2=O)c1. The van der Waals surface area contributed by atoms with Crippen LogP contribution in [0.2, 0.25) is 0 Å². The number of carbonyl (C=O) groups is 3. The van der Waals surface area contributed by atoms with Crippen LogP contribution in [0, 0.1) is 5.41 Å². The maximum absolute atomic E-state index is 12.1. The molecular weight excluding hydrogens is 310 g/mol. The second-order valence-electron chi connectivity index (χ2n) is 7.56. The molecule has 0 aromatic carbocycles. The largest absolute Gasteiger partial charge is 0.325 e. The van der Waals surface area contributed by atoms with Crippen molar-refractivity contribution in [1.29, 1.82) is 0 Å². The molecule has 1 aliphatic rings. The van der Waals surface area contributed by atoms with Crippen LogP contribution in [0.15, 0.2) is 12.4 Å². The Morgan fingerprint density at radius 3 is 2.50 bits per heavy atom. The number of nitrogens with one attached hydrogen (secondary N) is 2. The monoisotopic (exact) mass is 335 g/mol. The summed E-state index contributed by atoms with van der Waals surface area (Å²) < 4.78 is 1.68. The molecule has 1 fully saturated rings. The van der Waals surface area contributed by atoms with Crippen LogP contribution in [0.3, 0.4) is 0 Å². The van der Waals surface area contributed by atoms with Crippen LogP contribution in [-0.2, 0) is 16.1 Å². The Morgan fingerprint density at radius 1 is 1.29 bits per heavy atom. The fraction of sp³-hybridized carbons (Fsp3) is 0.625. The first kappa shape index (κ1) is 18.0. The summed E-state index contributed by atoms with van der Waals surface area (Å²) in [7, 11) is 0. The van der Waals surface area contributed by atoms with Crippen LogP contribution in [0.4, 0.5) is 10.5 Å². The highest BCUT2D eigenvalue weighted by Crippen LogP contribution is 2.18. The van der Waals surface area contributed by atoms with Crippen molar-refractivity contribution in [2.75, 3.05) is 11.9 Å². The van der Waals surface area contributed by atoms with Crippen molar-refractivity contribution in [3.05, 3.63) is 12.4 Å². The molecule has 8 heteroatoms. The normalized spacial score (nSPS) is 17.1. The second-order valence-corrected chi connectivity index (χ2v) is 7.56. The van der Waals surface area contributed by atoms with Crippen LogP contribution < -0.4 is 10.6 Å². The first-order valence-corrected chi connectivity index (χ1v) is 7.99. The molecule has 1 aromatic heterocycles. The van der Waals surface area contributed by atoms with Gasteiger partial charge in [0.1, 0.15) is 5.54 Å². The lowest BCUT2D eigenvalue weighted by Crippen LogP contribution is -2.40. The van der Waals surface area contributed by atoms with E-state index in [2.05, 4.69) is 15.7 Å². The number of imide groups is 1. The van der Waals surface area contributed by atoms with Gasteiger partial charge in [0, 0.05) is 24.7 Å². The number of amides is 4. The van der Waals surface area contributed by atoms with Crippen molar-refractivity contribution >= 4 is 23.5 Å². The summed E-state index contributed by atoms with van der Waals surface area (Å²) in [6.45, 7) is 9.77. The maximum atomic E-state index is 12.1. The Labute approximate surface area is 141 Å². The quantitative estimate of drug-likeness (QED) is 0.799. The highest BCUT2D eigenvalue weighted by Gasteiger charge is 2.43. The zero-order chi connectivity index (χ0) is 18.1. The number of rotatable bonds is 5. The van der Waals surface area contributed by atoms with Crippen molar-refractivity contribution in [1.82, 2.24) is 20.0 Å². The zero-order valence-corrected chi connectivity index (χ0v) is 14.8. The molecule has 0 spiro atoms. The van der Waals surface area contributed by atoms with E-state index in [1.807, 2.05) is 20.8 Å². The van der Waals surface area contributed by atoms with E-state index in [-0.39, 0.29) is 17.8 Å². The third-order valence-corrected chi connectivity index (χ3v) is 3.79. The molecule has 132 valence electrons. The molecule has 0 bridgehead atoms. The van der Waals surface area contributed by atoms with Gasteiger partial charge in [-0.15, -0.1) is 0 Å². The van der Waals surface area contributed by atoms with Crippen LogP contribution in [0.25, 0.3) is 0 Å². The third-order valence-electron chi connectivity index (χ3n) is 3.79. The van der Waals surface area contributed by atoms with E-state index in [1.54, 1.807) is 30.9 Å². The van der Waals surface area contributed by atoms with Gasteiger partial charge in [-0.05, 0) is 20.3 Å². The highest BCUT2D eigenvalue weighted by molar-refractivity contribution is 6.06. The van der Waals surface area contributed by atoms with Crippen LogP contribution in [-0.4, -0.2) is 44.6 Å². The summed E-state index contributed by atoms with van der Waals surface area (Å²) >= 11 is 0. The van der Waals surface area contributed by atoms with Crippen molar-refractivity contribution in [2.24, 2.45) is 5.41 Å². The highest BCUT2D eigenvalue weighted by atomic mass is 16.2. The maximum Gasteiger partial charge on any atom is 0.325 e. The van der Waals surface area contributed by atoms with Gasteiger partial charge in [-0.1, -0.05) is 20.8 Å². The number of nitrogens with zero attached hydrogens (tertiary/aromatic N) is 3. The average molecular weight is 335 g/mol.